The van der Waals surface area contributed by atoms with E-state index in [0.29, 0.717) is 0 Å². The second-order valence-electron chi connectivity index (χ2n) is 4.00. The van der Waals surface area contributed by atoms with E-state index in [-0.39, 0.29) is 13.2 Å². The molecule has 0 aliphatic heterocycles. The highest BCUT2D eigenvalue weighted by atomic mass is 16.4. The maximum absolute atomic E-state index is 10.2. The summed E-state index contributed by atoms with van der Waals surface area (Å²) >= 11 is 0. The van der Waals surface area contributed by atoms with Crippen LogP contribution in [0.1, 0.15) is 0 Å². The lowest BCUT2D eigenvalue weighted by atomic mass is 10.3. The van der Waals surface area contributed by atoms with Gasteiger partial charge in [0.1, 0.15) is 12.1 Å². The summed E-state index contributed by atoms with van der Waals surface area (Å²) in [7, 11) is 6.42. The number of aliphatic hydroxyl groups is 2. The number of nitrogens with zero attached hydrogens (tertiary/aromatic N) is 2. The van der Waals surface area contributed by atoms with Crippen LogP contribution < -0.4 is 0 Å². The van der Waals surface area contributed by atoms with Crippen LogP contribution in [-0.2, 0) is 9.59 Å². The maximum atomic E-state index is 10.2. The number of carbonyl (C=O) groups is 2. The summed E-state index contributed by atoms with van der Waals surface area (Å²) in [5.41, 5.74) is 0. The minimum absolute atomic E-state index is 0.345. The van der Waals surface area contributed by atoms with Gasteiger partial charge in [-0.05, 0) is 28.2 Å². The number of aliphatic carboxylic acids is 2. The molecule has 0 saturated heterocycles. The molecule has 0 aliphatic rings. The van der Waals surface area contributed by atoms with Crippen LogP contribution in [0.5, 0.6) is 0 Å². The molecule has 0 bridgehead atoms. The standard InChI is InChI=1S/2C5H11NO3/c2*1-6(2)4(3-7)5(8)9/h2*4,7H,3H2,1-2H3,(H,8,9)/t4-;/m0./s1. The molecular formula is C10H22N2O6. The van der Waals surface area contributed by atoms with Crippen LogP contribution in [0.2, 0.25) is 0 Å². The summed E-state index contributed by atoms with van der Waals surface area (Å²) in [5, 5.41) is 33.6. The lowest BCUT2D eigenvalue weighted by Gasteiger charge is -2.16. The van der Waals surface area contributed by atoms with E-state index in [4.69, 9.17) is 20.4 Å². The average molecular weight is 266 g/mol. The summed E-state index contributed by atoms with van der Waals surface area (Å²) in [6.07, 6.45) is 0. The van der Waals surface area contributed by atoms with Crippen LogP contribution in [-0.4, -0.2) is 95.7 Å². The van der Waals surface area contributed by atoms with E-state index in [1.54, 1.807) is 28.2 Å². The van der Waals surface area contributed by atoms with Crippen LogP contribution in [0, 0.1) is 0 Å². The number of aliphatic hydroxyl groups excluding tert-OH is 2. The largest absolute Gasteiger partial charge is 0.480 e. The third-order valence-electron chi connectivity index (χ3n) is 2.16. The number of likely N-dealkylation sites (N-methyl/N-ethyl adjacent to an activating group) is 2. The molecule has 108 valence electrons. The Kier molecular flexibility index (Phi) is 10.4. The average Bonchev–Trinajstić information content (AvgIpc) is 2.17. The summed E-state index contributed by atoms with van der Waals surface area (Å²) in [4.78, 5) is 23.2. The highest BCUT2D eigenvalue weighted by Crippen LogP contribution is 1.90. The topological polar surface area (TPSA) is 122 Å². The fraction of sp³-hybridized carbons (Fsp3) is 0.800. The molecule has 0 radical (unpaired) electrons. The fourth-order valence-corrected chi connectivity index (χ4v) is 0.925. The van der Waals surface area contributed by atoms with Crippen molar-refractivity contribution in [1.29, 1.82) is 0 Å². The summed E-state index contributed by atoms with van der Waals surface area (Å²) in [5.74, 6) is -2.00. The van der Waals surface area contributed by atoms with Crippen LogP contribution in [0.25, 0.3) is 0 Å². The Bertz CT molecular complexity index is 231. The van der Waals surface area contributed by atoms with Gasteiger partial charge in [0.05, 0.1) is 13.2 Å². The van der Waals surface area contributed by atoms with Crippen molar-refractivity contribution in [2.24, 2.45) is 0 Å². The van der Waals surface area contributed by atoms with Crippen molar-refractivity contribution in [1.82, 2.24) is 9.80 Å². The van der Waals surface area contributed by atoms with Crippen molar-refractivity contribution < 1.29 is 30.0 Å². The van der Waals surface area contributed by atoms with Gasteiger partial charge in [0.15, 0.2) is 0 Å². The number of hydrogen-bond acceptors (Lipinski definition) is 6. The number of carboxylic acids is 2. The minimum atomic E-state index is -0.998. The third-order valence-corrected chi connectivity index (χ3v) is 2.16. The van der Waals surface area contributed by atoms with Crippen molar-refractivity contribution in [2.75, 3.05) is 41.4 Å². The Balaban J connectivity index is 0. The van der Waals surface area contributed by atoms with Crippen LogP contribution >= 0.6 is 0 Å². The van der Waals surface area contributed by atoms with E-state index in [0.717, 1.165) is 0 Å². The van der Waals surface area contributed by atoms with E-state index < -0.39 is 24.0 Å². The first-order valence-corrected chi connectivity index (χ1v) is 5.19. The van der Waals surface area contributed by atoms with E-state index in [2.05, 4.69) is 0 Å². The molecule has 0 heterocycles. The zero-order chi connectivity index (χ0) is 14.9. The van der Waals surface area contributed by atoms with Crippen molar-refractivity contribution in [3.05, 3.63) is 0 Å². The van der Waals surface area contributed by atoms with E-state index in [1.165, 1.54) is 9.80 Å². The molecule has 8 nitrogen and oxygen atoms in total. The molecule has 0 amide bonds. The quantitative estimate of drug-likeness (QED) is 0.435. The molecule has 2 atom stereocenters. The predicted octanol–water partition coefficient (Wildman–Crippen LogP) is -2.01. The van der Waals surface area contributed by atoms with Gasteiger partial charge in [-0.15, -0.1) is 0 Å². The van der Waals surface area contributed by atoms with Gasteiger partial charge in [0.25, 0.3) is 0 Å². The van der Waals surface area contributed by atoms with Crippen molar-refractivity contribution in [3.8, 4) is 0 Å². The van der Waals surface area contributed by atoms with Gasteiger partial charge in [0.2, 0.25) is 0 Å². The van der Waals surface area contributed by atoms with Crippen molar-refractivity contribution in [2.45, 2.75) is 12.1 Å². The van der Waals surface area contributed by atoms with Gasteiger partial charge < -0.3 is 20.4 Å². The molecule has 1 unspecified atom stereocenters. The first-order chi connectivity index (χ1) is 8.18. The Morgan fingerprint density at radius 1 is 0.833 bits per heavy atom. The lowest BCUT2D eigenvalue weighted by Crippen LogP contribution is -2.38. The van der Waals surface area contributed by atoms with Gasteiger partial charge in [-0.3, -0.25) is 19.4 Å². The monoisotopic (exact) mass is 266 g/mol. The molecule has 0 saturated carbocycles. The van der Waals surface area contributed by atoms with Crippen LogP contribution in [0.15, 0.2) is 0 Å². The second-order valence-corrected chi connectivity index (χ2v) is 4.00. The first kappa shape index (κ1) is 19.1. The zero-order valence-corrected chi connectivity index (χ0v) is 11.1. The second kappa shape index (κ2) is 9.77. The highest BCUT2D eigenvalue weighted by molar-refractivity contribution is 5.73. The minimum Gasteiger partial charge on any atom is -0.480 e. The first-order valence-electron chi connectivity index (χ1n) is 5.19. The molecule has 4 N–H and O–H groups in total. The van der Waals surface area contributed by atoms with Crippen molar-refractivity contribution in [3.63, 3.8) is 0 Å². The maximum Gasteiger partial charge on any atom is 0.323 e. The molecule has 18 heavy (non-hydrogen) atoms. The molecule has 0 spiro atoms. The molecule has 0 aromatic rings. The molecule has 0 rings (SSSR count). The van der Waals surface area contributed by atoms with E-state index in [9.17, 15) is 9.59 Å². The Morgan fingerprint density at radius 3 is 1.06 bits per heavy atom. The predicted molar refractivity (Wildman–Crippen MR) is 64.4 cm³/mol. The smallest absolute Gasteiger partial charge is 0.323 e. The molecule has 0 aromatic heterocycles. The Hall–Kier alpha value is -1.22. The van der Waals surface area contributed by atoms with Crippen molar-refractivity contribution >= 4 is 11.9 Å². The molecule has 0 fully saturated rings. The van der Waals surface area contributed by atoms with Crippen LogP contribution in [0.4, 0.5) is 0 Å². The van der Waals surface area contributed by atoms with E-state index in [1.807, 2.05) is 0 Å². The Labute approximate surface area is 106 Å². The van der Waals surface area contributed by atoms with Gasteiger partial charge in [0, 0.05) is 0 Å². The molecule has 0 aliphatic carbocycles. The third kappa shape index (κ3) is 7.96. The summed E-state index contributed by atoms with van der Waals surface area (Å²) < 4.78 is 0. The normalized spacial score (nSPS) is 13.8. The molecule has 8 heteroatoms. The van der Waals surface area contributed by atoms with Gasteiger partial charge in [-0.1, -0.05) is 0 Å². The van der Waals surface area contributed by atoms with Gasteiger partial charge >= 0.3 is 11.9 Å². The van der Waals surface area contributed by atoms with E-state index >= 15 is 0 Å². The Morgan fingerprint density at radius 2 is 1.06 bits per heavy atom. The zero-order valence-electron chi connectivity index (χ0n) is 11.1. The SMILES string of the molecule is CN(C)C(CO)C(=O)O.CN(C)[C@@H](CO)C(=O)O. The van der Waals surface area contributed by atoms with Gasteiger partial charge in [-0.2, -0.15) is 0 Å². The number of rotatable bonds is 6. The highest BCUT2D eigenvalue weighted by Gasteiger charge is 2.17. The molecular weight excluding hydrogens is 244 g/mol. The van der Waals surface area contributed by atoms with Crippen LogP contribution in [0.3, 0.4) is 0 Å². The number of hydrogen-bond donors (Lipinski definition) is 4. The lowest BCUT2D eigenvalue weighted by molar-refractivity contribution is -0.144. The van der Waals surface area contributed by atoms with Gasteiger partial charge in [-0.25, -0.2) is 0 Å². The number of carboxylic acid groups (broad SMARTS) is 2. The summed E-state index contributed by atoms with van der Waals surface area (Å²) in [6, 6.07) is -1.55. The molecule has 0 aromatic carbocycles. The fourth-order valence-electron chi connectivity index (χ4n) is 0.925. The summed E-state index contributed by atoms with van der Waals surface area (Å²) in [6.45, 7) is -0.690.